The molecule has 3 aliphatic rings. The minimum absolute atomic E-state index is 0.0388. The third-order valence-electron chi connectivity index (χ3n) is 22.7. The number of aromatic amines is 2. The van der Waals surface area contributed by atoms with Crippen LogP contribution >= 0.6 is 11.8 Å². The Balaban J connectivity index is 1.17. The number of phenolic OH excluding ortho intramolecular Hbond substituents is 1. The number of aliphatic hydroxyl groups is 4. The Morgan fingerprint density at radius 2 is 0.977 bits per heavy atom. The summed E-state index contributed by atoms with van der Waals surface area (Å²) in [6.07, 6.45) is -0.426. The highest BCUT2D eigenvalue weighted by Gasteiger charge is 2.47. The molecule has 3 aromatic carbocycles. The lowest BCUT2D eigenvalue weighted by Crippen LogP contribution is -2.62. The lowest BCUT2D eigenvalue weighted by atomic mass is 10.00. The highest BCUT2D eigenvalue weighted by Crippen LogP contribution is 2.27. The molecule has 3 aliphatic heterocycles. The molecule has 44 heteroatoms. The summed E-state index contributed by atoms with van der Waals surface area (Å²) in [4.78, 5) is 269. The molecule has 128 heavy (non-hydrogen) atoms. The highest BCUT2D eigenvalue weighted by atomic mass is 32.2. The summed E-state index contributed by atoms with van der Waals surface area (Å²) in [6.45, 7) is -0.145. The van der Waals surface area contributed by atoms with Crippen molar-refractivity contribution in [3.05, 3.63) is 102 Å². The Morgan fingerprint density at radius 1 is 0.492 bits per heavy atom. The van der Waals surface area contributed by atoms with Gasteiger partial charge in [-0.1, -0.05) is 88.1 Å². The third-order valence-corrected chi connectivity index (χ3v) is 23.7. The number of H-pyrrole nitrogens is 2. The first kappa shape index (κ1) is 101. The zero-order valence-corrected chi connectivity index (χ0v) is 72.8. The van der Waals surface area contributed by atoms with Crippen molar-refractivity contribution < 1.29 is 112 Å². The van der Waals surface area contributed by atoms with E-state index in [0.29, 0.717) is 69.5 Å². The number of para-hydroxylation sites is 2. The van der Waals surface area contributed by atoms with Crippen molar-refractivity contribution in [3.8, 4) is 5.75 Å². The maximum Gasteiger partial charge on any atom is 0.246 e. The van der Waals surface area contributed by atoms with Gasteiger partial charge in [-0.15, -0.1) is 11.8 Å². The van der Waals surface area contributed by atoms with Crippen LogP contribution in [0.4, 0.5) is 0 Å². The van der Waals surface area contributed by atoms with Crippen LogP contribution in [0.2, 0.25) is 0 Å². The van der Waals surface area contributed by atoms with E-state index in [9.17, 15) is 83.1 Å². The van der Waals surface area contributed by atoms with Gasteiger partial charge in [0.25, 0.3) is 0 Å². The molecular formula is C84H116N20O23S. The van der Waals surface area contributed by atoms with Crippen LogP contribution < -0.4 is 70.4 Å². The minimum atomic E-state index is -1.95. The predicted molar refractivity (Wildman–Crippen MR) is 461 cm³/mol. The summed E-state index contributed by atoms with van der Waals surface area (Å²) in [6, 6.07) is -4.28. The van der Waals surface area contributed by atoms with Crippen LogP contribution in [0.3, 0.4) is 0 Å². The Hall–Kier alpha value is -12.8. The molecular weight excluding hydrogens is 1690 g/mol. The van der Waals surface area contributed by atoms with Crippen molar-refractivity contribution in [1.29, 1.82) is 0 Å². The van der Waals surface area contributed by atoms with Gasteiger partial charge in [0.15, 0.2) is 0 Å². The molecule has 3 saturated heterocycles. The molecule has 0 bridgehead atoms. The van der Waals surface area contributed by atoms with Crippen molar-refractivity contribution in [2.75, 3.05) is 72.1 Å². The number of nitrogens with zero attached hydrogens (tertiary/aromatic N) is 5. The van der Waals surface area contributed by atoms with Crippen LogP contribution in [0.5, 0.6) is 5.75 Å². The average molecular weight is 1810 g/mol. The van der Waals surface area contributed by atoms with Crippen molar-refractivity contribution in [2.45, 2.75) is 208 Å². The van der Waals surface area contributed by atoms with E-state index in [1.165, 1.54) is 52.3 Å². The molecule has 18 amide bonds. The Morgan fingerprint density at radius 3 is 1.55 bits per heavy atom. The normalized spacial score (nSPS) is 25.5. The number of carbonyl (C=O) groups excluding carboxylic acids is 18. The second-order valence-electron chi connectivity index (χ2n) is 32.0. The molecule has 5 heterocycles. The quantitative estimate of drug-likeness (QED) is 0.0289. The van der Waals surface area contributed by atoms with Gasteiger partial charge in [-0.2, -0.15) is 0 Å². The molecule has 8 rings (SSSR count). The van der Waals surface area contributed by atoms with Crippen molar-refractivity contribution in [2.24, 2.45) is 17.2 Å². The Bertz CT molecular complexity index is 4860. The standard InChI is InChI=1S/C84H116N20O23S/c1-7-9-20-63-77(120)97-61(41-107)76(119)99-62(72(115)90-37-69(87)112)42-128-43-70(113)91-56(30-45-23-25-48(108)26-24-45)80(123)100(4)44(3)71(114)94-58(34-68(86)111)83(126)103-29-15-22-64(103)78(121)98-60(40-106)74(117)92-54(27-28-67(85)110)82(125)104-38-49(109)33-66(104)79(122)93-55(31-46-35-88-52-18-13-11-16-50(46)52)73(116)96-59(39-105)75(118)95-57(32-47-36-89-53-19-14-12-17-51(47)53)81(124)102(6)65(21-10-8-2)84(127)101(63)5/h11-14,16-19,23-26,35-36,44,49,54-66,88-89,105-109H,7-10,15,20-22,27-34,37-43H2,1-6H3,(H2,85,110)(H2,86,111)(H2,87,112)(H,90,115)(H,91,113)(H,92,117)(H,93,122)(H,94,114)(H,95,118)(H,96,116)(H,97,120)(H,98,121)(H,99,119)/t44-,49+,54-,55-,56-,57-,58-,59-,60-,61-,62-,63-,64-,65-,66-/m0/s1. The smallest absolute Gasteiger partial charge is 0.246 e. The van der Waals surface area contributed by atoms with E-state index >= 15 is 28.8 Å². The zero-order valence-electron chi connectivity index (χ0n) is 72.0. The number of amides is 18. The zero-order chi connectivity index (χ0) is 93.9. The Labute approximate surface area is 740 Å². The fourth-order valence-electron chi connectivity index (χ4n) is 15.4. The van der Waals surface area contributed by atoms with E-state index in [-0.39, 0.29) is 63.7 Å². The van der Waals surface area contributed by atoms with Gasteiger partial charge in [0.05, 0.1) is 44.6 Å². The number of nitrogens with two attached hydrogens (primary N) is 3. The average Bonchev–Trinajstić information content (AvgIpc) is 1.60. The third kappa shape index (κ3) is 27.1. The van der Waals surface area contributed by atoms with Crippen molar-refractivity contribution in [3.63, 3.8) is 0 Å². The molecule has 0 saturated carbocycles. The van der Waals surface area contributed by atoms with E-state index in [2.05, 4.69) is 63.1 Å². The van der Waals surface area contributed by atoms with Crippen LogP contribution in [0.15, 0.2) is 85.2 Å². The number of hydrogen-bond acceptors (Lipinski definition) is 24. The summed E-state index contributed by atoms with van der Waals surface area (Å²) in [5, 5.41) is 80.1. The fraction of sp³-hybridized carbons (Fsp3) is 0.524. The number of fused-ring (bicyclic) bond motifs is 4. The molecule has 0 unspecified atom stereocenters. The number of phenols is 1. The number of aliphatic hydroxyl groups excluding tert-OH is 4. The lowest BCUT2D eigenvalue weighted by Gasteiger charge is -2.36. The first-order chi connectivity index (χ1) is 60.9. The van der Waals surface area contributed by atoms with Crippen LogP contribution in [0.1, 0.15) is 115 Å². The number of hydrogen-bond donors (Lipinski definition) is 20. The summed E-state index contributed by atoms with van der Waals surface area (Å²) in [5.74, 6) is -20.0. The van der Waals surface area contributed by atoms with Gasteiger partial charge in [-0.05, 0) is 80.0 Å². The number of aromatic nitrogens is 2. The number of benzene rings is 3. The van der Waals surface area contributed by atoms with Crippen LogP contribution in [0.25, 0.3) is 21.8 Å². The van der Waals surface area contributed by atoms with E-state index < -0.39 is 267 Å². The number of rotatable bonds is 23. The number of carbonyl (C=O) groups is 18. The van der Waals surface area contributed by atoms with Gasteiger partial charge in [0.2, 0.25) is 106 Å². The number of aromatic hydroxyl groups is 1. The molecule has 0 spiro atoms. The highest BCUT2D eigenvalue weighted by molar-refractivity contribution is 8.00. The van der Waals surface area contributed by atoms with Gasteiger partial charge in [-0.3, -0.25) is 86.3 Å². The number of primary amides is 3. The number of likely N-dealkylation sites (N-methyl/N-ethyl adjacent to an activating group) is 3. The molecule has 696 valence electrons. The van der Waals surface area contributed by atoms with Crippen molar-refractivity contribution >= 4 is 140 Å². The lowest BCUT2D eigenvalue weighted by molar-refractivity contribution is -0.149. The van der Waals surface area contributed by atoms with Gasteiger partial charge in [-0.25, -0.2) is 0 Å². The summed E-state index contributed by atoms with van der Waals surface area (Å²) in [7, 11) is 3.76. The molecule has 0 aliphatic carbocycles. The maximum atomic E-state index is 15.6. The first-order valence-corrected chi connectivity index (χ1v) is 43.3. The topological polar surface area (TPSA) is 655 Å². The van der Waals surface area contributed by atoms with Gasteiger partial charge in [0.1, 0.15) is 90.3 Å². The van der Waals surface area contributed by atoms with E-state index in [1.54, 1.807) is 67.8 Å². The minimum Gasteiger partial charge on any atom is -0.508 e. The van der Waals surface area contributed by atoms with Gasteiger partial charge < -0.3 is 130 Å². The van der Waals surface area contributed by atoms with E-state index in [1.807, 2.05) is 6.92 Å². The Kier molecular flexibility index (Phi) is 37.5. The van der Waals surface area contributed by atoms with Crippen molar-refractivity contribution in [1.82, 2.24) is 87.6 Å². The SMILES string of the molecule is CCCC[C@H]1C(=O)N(C)[C@@H](CCCC)C(=O)N[C@@H](CO)C(=O)N[C@H](C(=O)NCC(N)=O)CSCC(=O)N[C@@H](Cc2ccc(O)cc2)C(=O)N(C)[C@@H](C)C(=O)N[C@@H](CC(N)=O)C(=O)N2CCC[C@H]2C(=O)N[C@@H](CO)C(=O)N[C@@H](CCC(N)=O)C(=O)N2C[C@H](O)C[C@H]2C(=O)N[C@@H](Cc2c[nH]c3ccccc23)C(=O)N[C@@H](CO)C(=O)N[C@@H](Cc2c[nH]c3ccccc23)C(=O)N1C. The summed E-state index contributed by atoms with van der Waals surface area (Å²) < 4.78 is 0. The van der Waals surface area contributed by atoms with Crippen LogP contribution in [-0.2, 0) is 106 Å². The second-order valence-corrected chi connectivity index (χ2v) is 33.0. The van der Waals surface area contributed by atoms with Gasteiger partial charge in [0, 0.05) is 106 Å². The number of nitrogens with one attached hydrogen (secondary N) is 12. The molecule has 2 aromatic heterocycles. The number of thioether (sulfide) groups is 1. The molecule has 5 aromatic rings. The second kappa shape index (κ2) is 47.7. The maximum absolute atomic E-state index is 15.6. The van der Waals surface area contributed by atoms with Crippen LogP contribution in [-0.4, -0.2) is 329 Å². The van der Waals surface area contributed by atoms with Gasteiger partial charge >= 0.3 is 0 Å². The number of unbranched alkanes of at least 4 members (excludes halogenated alkanes) is 2. The van der Waals surface area contributed by atoms with E-state index in [4.69, 9.17) is 17.2 Å². The molecule has 3 fully saturated rings. The van der Waals surface area contributed by atoms with Crippen LogP contribution in [0, 0.1) is 0 Å². The summed E-state index contributed by atoms with van der Waals surface area (Å²) in [5.41, 5.74) is 19.0. The molecule has 43 nitrogen and oxygen atoms in total. The largest absolute Gasteiger partial charge is 0.508 e. The molecule has 15 atom stereocenters. The monoisotopic (exact) mass is 1800 g/mol. The fourth-order valence-corrected chi connectivity index (χ4v) is 16.3. The molecule has 0 radical (unpaired) electrons. The van der Waals surface area contributed by atoms with E-state index in [0.717, 1.165) is 24.5 Å². The molecule has 23 N–H and O–H groups in total. The summed E-state index contributed by atoms with van der Waals surface area (Å²) >= 11 is 0.709. The predicted octanol–water partition coefficient (Wildman–Crippen LogP) is -5.95. The first-order valence-electron chi connectivity index (χ1n) is 42.1.